The zero-order chi connectivity index (χ0) is 17.5. The summed E-state index contributed by atoms with van der Waals surface area (Å²) in [6.45, 7) is 3.67. The highest BCUT2D eigenvalue weighted by molar-refractivity contribution is 5.49. The largest absolute Gasteiger partial charge is 0.396 e. The SMILES string of the molecule is OCCNc1cc(N2CCN(C3CCCCC3)[C@H](CCO)C2)ncn1. The Morgan fingerprint density at radius 2 is 1.92 bits per heavy atom. The Kier molecular flexibility index (Phi) is 6.84. The molecule has 1 aliphatic carbocycles. The molecule has 1 atom stereocenters. The molecule has 0 unspecified atom stereocenters. The van der Waals surface area contributed by atoms with Gasteiger partial charge in [0.05, 0.1) is 6.61 Å². The summed E-state index contributed by atoms with van der Waals surface area (Å²) in [5.41, 5.74) is 0. The van der Waals surface area contributed by atoms with E-state index in [0.29, 0.717) is 18.6 Å². The molecule has 1 saturated heterocycles. The fourth-order valence-corrected chi connectivity index (χ4v) is 4.18. The lowest BCUT2D eigenvalue weighted by atomic mass is 9.92. The van der Waals surface area contributed by atoms with Crippen molar-refractivity contribution < 1.29 is 10.2 Å². The van der Waals surface area contributed by atoms with Crippen LogP contribution in [0.3, 0.4) is 0 Å². The number of piperazine rings is 1. The highest BCUT2D eigenvalue weighted by atomic mass is 16.3. The van der Waals surface area contributed by atoms with E-state index in [0.717, 1.165) is 37.7 Å². The van der Waals surface area contributed by atoms with Crippen LogP contribution in [-0.4, -0.2) is 76.6 Å². The first-order valence-corrected chi connectivity index (χ1v) is 9.60. The van der Waals surface area contributed by atoms with Gasteiger partial charge in [0.25, 0.3) is 0 Å². The van der Waals surface area contributed by atoms with Crippen molar-refractivity contribution in [3.05, 3.63) is 12.4 Å². The summed E-state index contributed by atoms with van der Waals surface area (Å²) in [5, 5.41) is 21.6. The number of rotatable bonds is 7. The smallest absolute Gasteiger partial charge is 0.134 e. The van der Waals surface area contributed by atoms with E-state index in [4.69, 9.17) is 5.11 Å². The fourth-order valence-electron chi connectivity index (χ4n) is 4.18. The monoisotopic (exact) mass is 349 g/mol. The lowest BCUT2D eigenvalue weighted by Gasteiger charge is -2.46. The molecule has 1 aromatic heterocycles. The molecule has 3 N–H and O–H groups in total. The average Bonchev–Trinajstić information content (AvgIpc) is 2.67. The second kappa shape index (κ2) is 9.31. The third-order valence-electron chi connectivity index (χ3n) is 5.43. The Balaban J connectivity index is 1.66. The summed E-state index contributed by atoms with van der Waals surface area (Å²) in [6, 6.07) is 3.01. The Morgan fingerprint density at radius 1 is 1.08 bits per heavy atom. The van der Waals surface area contributed by atoms with Crippen LogP contribution in [-0.2, 0) is 0 Å². The van der Waals surface area contributed by atoms with Crippen molar-refractivity contribution in [2.75, 3.05) is 49.6 Å². The minimum Gasteiger partial charge on any atom is -0.396 e. The van der Waals surface area contributed by atoms with Crippen molar-refractivity contribution in [2.24, 2.45) is 0 Å². The van der Waals surface area contributed by atoms with E-state index in [-0.39, 0.29) is 13.2 Å². The number of aliphatic hydroxyl groups excluding tert-OH is 2. The van der Waals surface area contributed by atoms with Crippen LogP contribution in [0.1, 0.15) is 38.5 Å². The van der Waals surface area contributed by atoms with Gasteiger partial charge in [0.15, 0.2) is 0 Å². The lowest BCUT2D eigenvalue weighted by Crippen LogP contribution is -2.57. The molecule has 0 radical (unpaired) electrons. The molecule has 1 aromatic rings. The molecule has 3 rings (SSSR count). The van der Waals surface area contributed by atoms with E-state index < -0.39 is 0 Å². The van der Waals surface area contributed by atoms with Gasteiger partial charge in [0.2, 0.25) is 0 Å². The van der Waals surface area contributed by atoms with E-state index in [1.165, 1.54) is 32.1 Å². The maximum absolute atomic E-state index is 9.53. The predicted molar refractivity (Wildman–Crippen MR) is 98.9 cm³/mol. The van der Waals surface area contributed by atoms with E-state index in [1.54, 1.807) is 6.33 Å². The van der Waals surface area contributed by atoms with Crippen molar-refractivity contribution in [1.29, 1.82) is 0 Å². The fraction of sp³-hybridized carbons (Fsp3) is 0.778. The minimum atomic E-state index is 0.0813. The van der Waals surface area contributed by atoms with E-state index >= 15 is 0 Å². The van der Waals surface area contributed by atoms with Crippen LogP contribution in [0.15, 0.2) is 12.4 Å². The van der Waals surface area contributed by atoms with E-state index in [1.807, 2.05) is 6.07 Å². The van der Waals surface area contributed by atoms with Crippen LogP contribution < -0.4 is 10.2 Å². The summed E-state index contributed by atoms with van der Waals surface area (Å²) in [7, 11) is 0. The van der Waals surface area contributed by atoms with Crippen molar-refractivity contribution in [3.63, 3.8) is 0 Å². The molecular weight excluding hydrogens is 318 g/mol. The zero-order valence-electron chi connectivity index (χ0n) is 15.0. The molecule has 140 valence electrons. The van der Waals surface area contributed by atoms with Gasteiger partial charge in [0.1, 0.15) is 18.0 Å². The quantitative estimate of drug-likeness (QED) is 0.679. The van der Waals surface area contributed by atoms with Gasteiger partial charge in [-0.1, -0.05) is 19.3 Å². The molecule has 2 heterocycles. The summed E-state index contributed by atoms with van der Waals surface area (Å²) in [6.07, 6.45) is 9.02. The number of aliphatic hydroxyl groups is 2. The number of anilines is 2. The van der Waals surface area contributed by atoms with Crippen molar-refractivity contribution in [2.45, 2.75) is 50.6 Å². The number of aromatic nitrogens is 2. The first-order valence-electron chi connectivity index (χ1n) is 9.60. The molecule has 1 aliphatic heterocycles. The second-order valence-electron chi connectivity index (χ2n) is 7.05. The van der Waals surface area contributed by atoms with Gasteiger partial charge in [-0.05, 0) is 19.3 Å². The molecule has 0 spiro atoms. The first kappa shape index (κ1) is 18.4. The van der Waals surface area contributed by atoms with Crippen LogP contribution in [0.4, 0.5) is 11.6 Å². The molecule has 2 aliphatic rings. The normalized spacial score (nSPS) is 23.0. The summed E-state index contributed by atoms with van der Waals surface area (Å²) >= 11 is 0. The van der Waals surface area contributed by atoms with Crippen LogP contribution in [0.5, 0.6) is 0 Å². The van der Waals surface area contributed by atoms with Gasteiger partial charge in [-0.25, -0.2) is 9.97 Å². The summed E-state index contributed by atoms with van der Waals surface area (Å²) < 4.78 is 0. The molecule has 0 aromatic carbocycles. The number of hydrogen-bond donors (Lipinski definition) is 3. The van der Waals surface area contributed by atoms with Gasteiger partial charge >= 0.3 is 0 Å². The van der Waals surface area contributed by atoms with E-state index in [2.05, 4.69) is 25.1 Å². The molecule has 1 saturated carbocycles. The van der Waals surface area contributed by atoms with Crippen LogP contribution >= 0.6 is 0 Å². The van der Waals surface area contributed by atoms with Gasteiger partial charge in [-0.3, -0.25) is 4.90 Å². The number of nitrogens with one attached hydrogen (secondary N) is 1. The van der Waals surface area contributed by atoms with Crippen LogP contribution in [0.2, 0.25) is 0 Å². The third-order valence-corrected chi connectivity index (χ3v) is 5.43. The second-order valence-corrected chi connectivity index (χ2v) is 7.05. The molecule has 2 fully saturated rings. The Bertz CT molecular complexity index is 524. The molecule has 7 heteroatoms. The summed E-state index contributed by atoms with van der Waals surface area (Å²) in [4.78, 5) is 13.6. The van der Waals surface area contributed by atoms with Crippen molar-refractivity contribution in [1.82, 2.24) is 14.9 Å². The standard InChI is InChI=1S/C18H31N5O2/c24-10-6-16-13-22(8-9-23(16)15-4-2-1-3-5-15)18-12-17(19-7-11-25)20-14-21-18/h12,14-16,24-25H,1-11,13H2,(H,19,20,21)/t16-/m1/s1. The van der Waals surface area contributed by atoms with Crippen LogP contribution in [0, 0.1) is 0 Å². The Morgan fingerprint density at radius 3 is 2.68 bits per heavy atom. The van der Waals surface area contributed by atoms with Gasteiger partial charge in [0, 0.05) is 50.9 Å². The zero-order valence-corrected chi connectivity index (χ0v) is 15.0. The van der Waals surface area contributed by atoms with Gasteiger partial charge in [-0.2, -0.15) is 0 Å². The minimum absolute atomic E-state index is 0.0813. The van der Waals surface area contributed by atoms with Crippen LogP contribution in [0.25, 0.3) is 0 Å². The Hall–Kier alpha value is -1.44. The van der Waals surface area contributed by atoms with Crippen molar-refractivity contribution in [3.8, 4) is 0 Å². The number of hydrogen-bond acceptors (Lipinski definition) is 7. The molecule has 25 heavy (non-hydrogen) atoms. The summed E-state index contributed by atoms with van der Waals surface area (Å²) in [5.74, 6) is 1.66. The third kappa shape index (κ3) is 4.80. The molecule has 7 nitrogen and oxygen atoms in total. The maximum Gasteiger partial charge on any atom is 0.134 e. The van der Waals surface area contributed by atoms with Gasteiger partial charge < -0.3 is 20.4 Å². The molecule has 0 amide bonds. The van der Waals surface area contributed by atoms with Gasteiger partial charge in [-0.15, -0.1) is 0 Å². The number of nitrogens with zero attached hydrogens (tertiary/aromatic N) is 4. The molecular formula is C18H31N5O2. The first-order chi connectivity index (χ1) is 12.3. The Labute approximate surface area is 150 Å². The predicted octanol–water partition coefficient (Wildman–Crippen LogP) is 1.09. The highest BCUT2D eigenvalue weighted by Crippen LogP contribution is 2.28. The van der Waals surface area contributed by atoms with Crippen molar-refractivity contribution >= 4 is 11.6 Å². The molecule has 0 bridgehead atoms. The average molecular weight is 349 g/mol. The lowest BCUT2D eigenvalue weighted by molar-refractivity contribution is 0.0756. The maximum atomic E-state index is 9.53. The van der Waals surface area contributed by atoms with E-state index in [9.17, 15) is 5.11 Å². The topological polar surface area (TPSA) is 84.8 Å². The highest BCUT2D eigenvalue weighted by Gasteiger charge is 2.32.